The van der Waals surface area contributed by atoms with E-state index >= 15 is 0 Å². The van der Waals surface area contributed by atoms with Crippen molar-refractivity contribution in [3.63, 3.8) is 0 Å². The highest BCUT2D eigenvalue weighted by Gasteiger charge is 2.30. The molecule has 0 bridgehead atoms. The monoisotopic (exact) mass is 321 g/mol. The van der Waals surface area contributed by atoms with E-state index in [4.69, 9.17) is 0 Å². The molecule has 1 unspecified atom stereocenters. The van der Waals surface area contributed by atoms with Crippen molar-refractivity contribution in [3.8, 4) is 0 Å². The van der Waals surface area contributed by atoms with Crippen LogP contribution in [0.2, 0.25) is 0 Å². The summed E-state index contributed by atoms with van der Waals surface area (Å²) in [5.74, 6) is -0.0930. The molecule has 4 rings (SSSR count). The Hall–Kier alpha value is -2.82. The van der Waals surface area contributed by atoms with Gasteiger partial charge in [-0.2, -0.15) is 0 Å². The van der Waals surface area contributed by atoms with Gasteiger partial charge in [-0.05, 0) is 31.0 Å². The Bertz CT molecular complexity index is 999. The molecule has 0 radical (unpaired) electrons. The van der Waals surface area contributed by atoms with Gasteiger partial charge in [0.25, 0.3) is 11.5 Å². The van der Waals surface area contributed by atoms with E-state index in [2.05, 4.69) is 17.1 Å². The van der Waals surface area contributed by atoms with Crippen molar-refractivity contribution < 1.29 is 4.79 Å². The number of pyridine rings is 1. The molecule has 3 heterocycles. The summed E-state index contributed by atoms with van der Waals surface area (Å²) >= 11 is 0. The SMILES string of the molecule is CC1c2[nH]c3ccccc3c2CCN1C(=O)c1ccn(C)c(=O)c1. The number of aryl methyl sites for hydroxylation is 1. The van der Waals surface area contributed by atoms with Gasteiger partial charge in [-0.25, -0.2) is 0 Å². The fraction of sp³-hybridized carbons (Fsp3) is 0.263. The van der Waals surface area contributed by atoms with Crippen LogP contribution in [0.1, 0.15) is 34.6 Å². The largest absolute Gasteiger partial charge is 0.356 e. The maximum absolute atomic E-state index is 12.9. The van der Waals surface area contributed by atoms with E-state index in [0.717, 1.165) is 17.6 Å². The predicted molar refractivity (Wildman–Crippen MR) is 93.1 cm³/mol. The highest BCUT2D eigenvalue weighted by molar-refractivity contribution is 5.95. The summed E-state index contributed by atoms with van der Waals surface area (Å²) in [7, 11) is 1.68. The lowest BCUT2D eigenvalue weighted by atomic mass is 9.97. The van der Waals surface area contributed by atoms with Crippen molar-refractivity contribution in [1.82, 2.24) is 14.5 Å². The van der Waals surface area contributed by atoms with Crippen molar-refractivity contribution in [2.24, 2.45) is 7.05 Å². The number of aromatic amines is 1. The number of carbonyl (C=O) groups is 1. The van der Waals surface area contributed by atoms with Crippen molar-refractivity contribution >= 4 is 16.8 Å². The second kappa shape index (κ2) is 5.37. The number of para-hydroxylation sites is 1. The Morgan fingerprint density at radius 3 is 2.83 bits per heavy atom. The number of hydrogen-bond donors (Lipinski definition) is 1. The Balaban J connectivity index is 1.72. The van der Waals surface area contributed by atoms with Crippen LogP contribution in [-0.2, 0) is 13.5 Å². The second-order valence-electron chi connectivity index (χ2n) is 6.35. The molecule has 3 aromatic rings. The van der Waals surface area contributed by atoms with Crippen molar-refractivity contribution in [1.29, 1.82) is 0 Å². The maximum atomic E-state index is 12.9. The van der Waals surface area contributed by atoms with Crippen LogP contribution in [0.15, 0.2) is 47.4 Å². The standard InChI is InChI=1S/C19H19N3O2/c1-12-18-15(14-5-3-4-6-16(14)20-18)8-10-22(12)19(24)13-7-9-21(2)17(23)11-13/h3-7,9,11-12,20H,8,10H2,1-2H3. The summed E-state index contributed by atoms with van der Waals surface area (Å²) in [5, 5.41) is 1.24. The van der Waals surface area contributed by atoms with Crippen LogP contribution in [0.5, 0.6) is 0 Å². The van der Waals surface area contributed by atoms with Gasteiger partial charge >= 0.3 is 0 Å². The first kappa shape index (κ1) is 14.8. The normalized spacial score (nSPS) is 17.1. The Morgan fingerprint density at radius 1 is 1.25 bits per heavy atom. The molecule has 1 aliphatic heterocycles. The van der Waals surface area contributed by atoms with Crippen LogP contribution < -0.4 is 5.56 Å². The van der Waals surface area contributed by atoms with E-state index in [-0.39, 0.29) is 17.5 Å². The number of fused-ring (bicyclic) bond motifs is 3. The molecule has 24 heavy (non-hydrogen) atoms. The number of nitrogens with zero attached hydrogens (tertiary/aromatic N) is 2. The number of benzene rings is 1. The predicted octanol–water partition coefficient (Wildman–Crippen LogP) is 2.63. The number of nitrogens with one attached hydrogen (secondary N) is 1. The van der Waals surface area contributed by atoms with Gasteiger partial charge in [-0.15, -0.1) is 0 Å². The van der Waals surface area contributed by atoms with Gasteiger partial charge in [-0.1, -0.05) is 18.2 Å². The van der Waals surface area contributed by atoms with Gasteiger partial charge < -0.3 is 14.5 Å². The Labute approximate surface area is 139 Å². The van der Waals surface area contributed by atoms with Crippen molar-refractivity contribution in [2.45, 2.75) is 19.4 Å². The molecular formula is C19H19N3O2. The summed E-state index contributed by atoms with van der Waals surface area (Å²) in [6.45, 7) is 2.69. The molecule has 1 N–H and O–H groups in total. The molecule has 1 atom stereocenters. The van der Waals surface area contributed by atoms with E-state index in [0.29, 0.717) is 12.1 Å². The average molecular weight is 321 g/mol. The number of H-pyrrole nitrogens is 1. The van der Waals surface area contributed by atoms with Gasteiger partial charge in [0.05, 0.1) is 6.04 Å². The number of carbonyl (C=O) groups excluding carboxylic acids is 1. The molecular weight excluding hydrogens is 302 g/mol. The van der Waals surface area contributed by atoms with Crippen LogP contribution in [-0.4, -0.2) is 26.9 Å². The average Bonchev–Trinajstić information content (AvgIpc) is 2.97. The molecule has 122 valence electrons. The lowest BCUT2D eigenvalue weighted by Crippen LogP contribution is -2.39. The van der Waals surface area contributed by atoms with Gasteiger partial charge in [-0.3, -0.25) is 9.59 Å². The van der Waals surface area contributed by atoms with Crippen molar-refractivity contribution in [3.05, 3.63) is 69.8 Å². The molecule has 5 nitrogen and oxygen atoms in total. The van der Waals surface area contributed by atoms with Gasteiger partial charge in [0, 0.05) is 48.0 Å². The minimum atomic E-state index is -0.170. The first-order valence-corrected chi connectivity index (χ1v) is 8.13. The quantitative estimate of drug-likeness (QED) is 0.749. The van der Waals surface area contributed by atoms with Gasteiger partial charge in [0.2, 0.25) is 0 Å². The topological polar surface area (TPSA) is 58.1 Å². The van der Waals surface area contributed by atoms with E-state index in [1.54, 1.807) is 19.3 Å². The van der Waals surface area contributed by atoms with Gasteiger partial charge in [0.1, 0.15) is 0 Å². The van der Waals surface area contributed by atoms with Gasteiger partial charge in [0.15, 0.2) is 0 Å². The molecule has 2 aromatic heterocycles. The minimum Gasteiger partial charge on any atom is -0.356 e. The third-order valence-electron chi connectivity index (χ3n) is 4.95. The van der Waals surface area contributed by atoms with Crippen LogP contribution in [0.4, 0.5) is 0 Å². The first-order valence-electron chi connectivity index (χ1n) is 8.13. The molecule has 0 aliphatic carbocycles. The van der Waals surface area contributed by atoms with E-state index < -0.39 is 0 Å². The van der Waals surface area contributed by atoms with Crippen LogP contribution in [0, 0.1) is 0 Å². The number of aromatic nitrogens is 2. The summed E-state index contributed by atoms with van der Waals surface area (Å²) in [6.07, 6.45) is 2.46. The number of amides is 1. The fourth-order valence-corrected chi connectivity index (χ4v) is 3.55. The molecule has 5 heteroatoms. The first-order chi connectivity index (χ1) is 11.6. The van der Waals surface area contributed by atoms with Crippen molar-refractivity contribution in [2.75, 3.05) is 6.54 Å². The van der Waals surface area contributed by atoms with Crippen LogP contribution in [0.25, 0.3) is 10.9 Å². The third kappa shape index (κ3) is 2.16. The third-order valence-corrected chi connectivity index (χ3v) is 4.95. The summed E-state index contributed by atoms with van der Waals surface area (Å²) in [6, 6.07) is 11.3. The number of hydrogen-bond acceptors (Lipinski definition) is 2. The number of rotatable bonds is 1. The lowest BCUT2D eigenvalue weighted by Gasteiger charge is -2.33. The molecule has 0 saturated heterocycles. The minimum absolute atomic E-state index is 0.0438. The lowest BCUT2D eigenvalue weighted by molar-refractivity contribution is 0.0674. The van der Waals surface area contributed by atoms with Crippen LogP contribution in [0.3, 0.4) is 0 Å². The zero-order valence-corrected chi connectivity index (χ0v) is 13.7. The Kier molecular flexibility index (Phi) is 3.30. The zero-order valence-electron chi connectivity index (χ0n) is 13.7. The summed E-state index contributed by atoms with van der Waals surface area (Å²) in [4.78, 5) is 30.0. The van der Waals surface area contributed by atoms with E-state index in [1.807, 2.05) is 24.0 Å². The smallest absolute Gasteiger partial charge is 0.254 e. The Morgan fingerprint density at radius 2 is 2.04 bits per heavy atom. The molecule has 0 saturated carbocycles. The zero-order chi connectivity index (χ0) is 16.8. The molecule has 1 amide bonds. The molecule has 0 fully saturated rings. The maximum Gasteiger partial charge on any atom is 0.254 e. The highest BCUT2D eigenvalue weighted by atomic mass is 16.2. The van der Waals surface area contributed by atoms with E-state index in [1.165, 1.54) is 21.6 Å². The molecule has 1 aromatic carbocycles. The van der Waals surface area contributed by atoms with E-state index in [9.17, 15) is 9.59 Å². The second-order valence-corrected chi connectivity index (χ2v) is 6.35. The molecule has 1 aliphatic rings. The summed E-state index contributed by atoms with van der Waals surface area (Å²) < 4.78 is 1.46. The fourth-order valence-electron chi connectivity index (χ4n) is 3.55. The molecule has 0 spiro atoms. The summed E-state index contributed by atoms with van der Waals surface area (Å²) in [5.41, 5.74) is 3.78. The van der Waals surface area contributed by atoms with Crippen LogP contribution >= 0.6 is 0 Å². The highest BCUT2D eigenvalue weighted by Crippen LogP contribution is 2.34.